The lowest BCUT2D eigenvalue weighted by Gasteiger charge is -2.16. The number of hydrogen-bond donors (Lipinski definition) is 1. The molecule has 0 aliphatic heterocycles. The monoisotopic (exact) mass is 515 g/mol. The minimum atomic E-state index is -4.64. The summed E-state index contributed by atoms with van der Waals surface area (Å²) in [5.74, 6) is 0. The fraction of sp³-hybridized carbons (Fsp3) is 0.231. The molecule has 0 fully saturated rings. The van der Waals surface area contributed by atoms with E-state index < -0.39 is 27.2 Å². The van der Waals surface area contributed by atoms with Crippen LogP contribution in [-0.4, -0.2) is 34.5 Å². The molecule has 0 aliphatic rings. The zero-order valence-corrected chi connectivity index (χ0v) is 20.8. The van der Waals surface area contributed by atoms with Gasteiger partial charge in [-0.2, -0.15) is 18.3 Å². The molecule has 0 amide bonds. The lowest BCUT2D eigenvalue weighted by atomic mass is 9.97. The first-order chi connectivity index (χ1) is 16.7. The quantitative estimate of drug-likeness (QED) is 0.376. The summed E-state index contributed by atoms with van der Waals surface area (Å²) in [5, 5.41) is 14.9. The Balaban J connectivity index is 1.90. The number of halogens is 3. The molecule has 1 N–H and O–H groups in total. The molecule has 36 heavy (non-hydrogen) atoms. The van der Waals surface area contributed by atoms with E-state index in [1.807, 2.05) is 6.07 Å². The first-order valence-corrected chi connectivity index (χ1v) is 12.8. The highest BCUT2D eigenvalue weighted by molar-refractivity contribution is 7.90. The predicted octanol–water partition coefficient (Wildman–Crippen LogP) is 5.56. The third-order valence-corrected chi connectivity index (χ3v) is 6.88. The van der Waals surface area contributed by atoms with Crippen molar-refractivity contribution >= 4 is 9.84 Å². The molecule has 0 atom stereocenters. The number of rotatable bonds is 5. The van der Waals surface area contributed by atoms with Crippen LogP contribution in [0.5, 0.6) is 0 Å². The molecule has 2 aromatic carbocycles. The number of aryl methyl sites for hydroxylation is 1. The number of aromatic nitrogens is 3. The van der Waals surface area contributed by atoms with Crippen molar-refractivity contribution in [1.82, 2.24) is 14.8 Å². The van der Waals surface area contributed by atoms with Crippen molar-refractivity contribution in [1.29, 1.82) is 0 Å². The van der Waals surface area contributed by atoms with Gasteiger partial charge in [-0.15, -0.1) is 0 Å². The highest BCUT2D eigenvalue weighted by atomic mass is 32.2. The first kappa shape index (κ1) is 25.6. The molecule has 6 nitrogen and oxygen atoms in total. The van der Waals surface area contributed by atoms with Gasteiger partial charge in [0.15, 0.2) is 9.84 Å². The van der Waals surface area contributed by atoms with Gasteiger partial charge in [-0.3, -0.25) is 4.98 Å². The van der Waals surface area contributed by atoms with Gasteiger partial charge < -0.3 is 5.11 Å². The summed E-state index contributed by atoms with van der Waals surface area (Å²) in [6, 6.07) is 14.3. The van der Waals surface area contributed by atoms with E-state index in [0.717, 1.165) is 40.5 Å². The Morgan fingerprint density at radius 1 is 0.972 bits per heavy atom. The Kier molecular flexibility index (Phi) is 6.30. The van der Waals surface area contributed by atoms with Gasteiger partial charge in [0.1, 0.15) is 5.60 Å². The van der Waals surface area contributed by atoms with E-state index in [-0.39, 0.29) is 16.3 Å². The zero-order valence-electron chi connectivity index (χ0n) is 20.0. The van der Waals surface area contributed by atoms with Crippen LogP contribution in [0.25, 0.3) is 28.1 Å². The standard InChI is InChI=1S/C26H24F3N3O3S/c1-16-12-18(17-6-5-7-19(13-17)36(4,34)35)8-9-20(16)22-14-24(25(2,3)33)31-32(22)23-15-30-11-10-21(23)26(27,28)29/h5-15,33H,1-4H3. The second-order valence-corrected chi connectivity index (χ2v) is 11.1. The Hall–Kier alpha value is -3.50. The predicted molar refractivity (Wildman–Crippen MR) is 130 cm³/mol. The summed E-state index contributed by atoms with van der Waals surface area (Å²) in [6.45, 7) is 4.80. The van der Waals surface area contributed by atoms with Crippen LogP contribution in [0.15, 0.2) is 71.9 Å². The van der Waals surface area contributed by atoms with Crippen LogP contribution >= 0.6 is 0 Å². The average Bonchev–Trinajstić information content (AvgIpc) is 3.24. The van der Waals surface area contributed by atoms with E-state index in [1.54, 1.807) is 43.3 Å². The summed E-state index contributed by atoms with van der Waals surface area (Å²) >= 11 is 0. The van der Waals surface area contributed by atoms with Crippen molar-refractivity contribution in [2.75, 3.05) is 6.26 Å². The number of benzene rings is 2. The second-order valence-electron chi connectivity index (χ2n) is 9.11. The number of sulfone groups is 1. The van der Waals surface area contributed by atoms with E-state index in [1.165, 1.54) is 19.9 Å². The van der Waals surface area contributed by atoms with E-state index in [2.05, 4.69) is 10.1 Å². The summed E-state index contributed by atoms with van der Waals surface area (Å²) in [4.78, 5) is 4.06. The normalized spacial score (nSPS) is 12.7. The third kappa shape index (κ3) is 5.05. The molecule has 0 bridgehead atoms. The zero-order chi connectivity index (χ0) is 26.5. The van der Waals surface area contributed by atoms with Crippen LogP contribution in [0, 0.1) is 6.92 Å². The van der Waals surface area contributed by atoms with Crippen molar-refractivity contribution in [2.24, 2.45) is 0 Å². The van der Waals surface area contributed by atoms with Crippen LogP contribution in [0.3, 0.4) is 0 Å². The molecule has 4 aromatic rings. The lowest BCUT2D eigenvalue weighted by molar-refractivity contribution is -0.137. The average molecular weight is 516 g/mol. The maximum absolute atomic E-state index is 13.8. The second kappa shape index (κ2) is 8.86. The van der Waals surface area contributed by atoms with E-state index in [9.17, 15) is 26.7 Å². The van der Waals surface area contributed by atoms with E-state index >= 15 is 0 Å². The first-order valence-electron chi connectivity index (χ1n) is 10.9. The van der Waals surface area contributed by atoms with Gasteiger partial charge in [0.05, 0.1) is 33.7 Å². The molecule has 0 aliphatic carbocycles. The Morgan fingerprint density at radius 2 is 1.67 bits per heavy atom. The number of nitrogens with zero attached hydrogens (tertiary/aromatic N) is 3. The topological polar surface area (TPSA) is 85.1 Å². The minimum Gasteiger partial charge on any atom is -0.384 e. The van der Waals surface area contributed by atoms with Crippen molar-refractivity contribution in [3.8, 4) is 28.1 Å². The van der Waals surface area contributed by atoms with Gasteiger partial charge in [-0.05, 0) is 61.7 Å². The maximum Gasteiger partial charge on any atom is 0.418 e. The van der Waals surface area contributed by atoms with Crippen molar-refractivity contribution in [2.45, 2.75) is 37.4 Å². The molecule has 0 spiro atoms. The SMILES string of the molecule is Cc1cc(-c2cccc(S(C)(=O)=O)c2)ccc1-c1cc(C(C)(C)O)nn1-c1cnccc1C(F)(F)F. The highest BCUT2D eigenvalue weighted by Gasteiger charge is 2.35. The number of aliphatic hydroxyl groups is 1. The summed E-state index contributed by atoms with van der Waals surface area (Å²) < 4.78 is 66.4. The van der Waals surface area contributed by atoms with E-state index in [4.69, 9.17) is 0 Å². The molecule has 0 unspecified atom stereocenters. The fourth-order valence-electron chi connectivity index (χ4n) is 3.89. The third-order valence-electron chi connectivity index (χ3n) is 5.77. The van der Waals surface area contributed by atoms with Gasteiger partial charge >= 0.3 is 6.18 Å². The Labute approximate surface area is 207 Å². The molecule has 0 radical (unpaired) electrons. The Morgan fingerprint density at radius 3 is 2.28 bits per heavy atom. The van der Waals surface area contributed by atoms with Gasteiger partial charge in [-0.1, -0.05) is 30.3 Å². The largest absolute Gasteiger partial charge is 0.418 e. The molecular formula is C26H24F3N3O3S. The van der Waals surface area contributed by atoms with Gasteiger partial charge in [0.2, 0.25) is 0 Å². The smallest absolute Gasteiger partial charge is 0.384 e. The Bertz CT molecular complexity index is 1550. The fourth-order valence-corrected chi connectivity index (χ4v) is 4.55. The number of pyridine rings is 1. The number of alkyl halides is 3. The number of hydrogen-bond acceptors (Lipinski definition) is 5. The van der Waals surface area contributed by atoms with Gasteiger partial charge in [-0.25, -0.2) is 13.1 Å². The van der Waals surface area contributed by atoms with Crippen molar-refractivity contribution in [3.05, 3.63) is 83.8 Å². The van der Waals surface area contributed by atoms with Crippen LogP contribution in [0.2, 0.25) is 0 Å². The highest BCUT2D eigenvalue weighted by Crippen LogP contribution is 2.37. The molecule has 0 saturated heterocycles. The maximum atomic E-state index is 13.8. The molecule has 10 heteroatoms. The minimum absolute atomic E-state index is 0.186. The van der Waals surface area contributed by atoms with Crippen molar-refractivity contribution in [3.63, 3.8) is 0 Å². The van der Waals surface area contributed by atoms with Crippen LogP contribution < -0.4 is 0 Å². The summed E-state index contributed by atoms with van der Waals surface area (Å²) in [5.41, 5.74) is 0.712. The molecular weight excluding hydrogens is 491 g/mol. The molecule has 4 rings (SSSR count). The molecule has 0 saturated carbocycles. The summed E-state index contributed by atoms with van der Waals surface area (Å²) in [7, 11) is -3.39. The molecule has 2 aromatic heterocycles. The van der Waals surface area contributed by atoms with Crippen molar-refractivity contribution < 1.29 is 26.7 Å². The van der Waals surface area contributed by atoms with Crippen LogP contribution in [-0.2, 0) is 21.6 Å². The summed E-state index contributed by atoms with van der Waals surface area (Å²) in [6.07, 6.45) is -1.35. The van der Waals surface area contributed by atoms with Gasteiger partial charge in [0.25, 0.3) is 0 Å². The molecule has 2 heterocycles. The van der Waals surface area contributed by atoms with Gasteiger partial charge in [0, 0.05) is 18.0 Å². The van der Waals surface area contributed by atoms with E-state index in [0.29, 0.717) is 16.8 Å². The molecule has 188 valence electrons. The van der Waals surface area contributed by atoms with Crippen LogP contribution in [0.1, 0.15) is 30.7 Å². The van der Waals surface area contributed by atoms with Crippen LogP contribution in [0.4, 0.5) is 13.2 Å². The lowest BCUT2D eigenvalue weighted by Crippen LogP contribution is -2.17.